The summed E-state index contributed by atoms with van der Waals surface area (Å²) in [7, 11) is 0. The SMILES string of the molecule is CCNC(=NCc1sc(C)nc1C)NCCc1cc(F)cc2c1OCOC2.I. The van der Waals surface area contributed by atoms with Crippen LogP contribution in [0.4, 0.5) is 4.39 Å². The molecule has 2 N–H and O–H groups in total. The zero-order chi connectivity index (χ0) is 19.2. The van der Waals surface area contributed by atoms with Crippen LogP contribution in [0.25, 0.3) is 0 Å². The van der Waals surface area contributed by atoms with Crippen molar-refractivity contribution in [2.75, 3.05) is 19.9 Å². The number of aliphatic imine (C=N–C) groups is 1. The van der Waals surface area contributed by atoms with Crippen LogP contribution >= 0.6 is 35.3 Å². The number of rotatable bonds is 6. The van der Waals surface area contributed by atoms with Gasteiger partial charge in [0.2, 0.25) is 0 Å². The van der Waals surface area contributed by atoms with E-state index in [0.29, 0.717) is 26.1 Å². The maximum atomic E-state index is 13.8. The van der Waals surface area contributed by atoms with Crippen LogP contribution in [0, 0.1) is 19.7 Å². The number of thiazole rings is 1. The molecule has 2 heterocycles. The molecule has 6 nitrogen and oxygen atoms in total. The van der Waals surface area contributed by atoms with Gasteiger partial charge in [0.25, 0.3) is 0 Å². The van der Waals surface area contributed by atoms with Crippen LogP contribution in [0.1, 0.15) is 33.6 Å². The molecule has 2 aromatic rings. The van der Waals surface area contributed by atoms with Gasteiger partial charge in [-0.2, -0.15) is 0 Å². The fraction of sp³-hybridized carbons (Fsp3) is 0.474. The summed E-state index contributed by atoms with van der Waals surface area (Å²) in [6.45, 7) is 8.59. The van der Waals surface area contributed by atoms with Gasteiger partial charge in [0.05, 0.1) is 23.9 Å². The lowest BCUT2D eigenvalue weighted by molar-refractivity contribution is -0.0172. The fourth-order valence-corrected chi connectivity index (χ4v) is 3.83. The molecular weight excluding hydrogens is 494 g/mol. The highest BCUT2D eigenvalue weighted by Crippen LogP contribution is 2.29. The van der Waals surface area contributed by atoms with E-state index >= 15 is 0 Å². The molecule has 0 bridgehead atoms. The van der Waals surface area contributed by atoms with Crippen LogP contribution in [0.5, 0.6) is 5.75 Å². The third-order valence-electron chi connectivity index (χ3n) is 4.16. The molecule has 0 fully saturated rings. The second-order valence-electron chi connectivity index (χ2n) is 6.28. The highest BCUT2D eigenvalue weighted by atomic mass is 127. The van der Waals surface area contributed by atoms with Crippen LogP contribution in [0.3, 0.4) is 0 Å². The third kappa shape index (κ3) is 6.02. The van der Waals surface area contributed by atoms with Crippen molar-refractivity contribution in [2.24, 2.45) is 4.99 Å². The summed E-state index contributed by atoms with van der Waals surface area (Å²) >= 11 is 1.67. The second kappa shape index (κ2) is 10.9. The topological polar surface area (TPSA) is 67.8 Å². The molecule has 9 heteroatoms. The molecule has 0 saturated heterocycles. The molecule has 0 amide bonds. The maximum Gasteiger partial charge on any atom is 0.191 e. The minimum atomic E-state index is -0.269. The van der Waals surface area contributed by atoms with E-state index < -0.39 is 0 Å². The smallest absolute Gasteiger partial charge is 0.191 e. The summed E-state index contributed by atoms with van der Waals surface area (Å²) in [6, 6.07) is 3.00. The molecule has 0 spiro atoms. The highest BCUT2D eigenvalue weighted by molar-refractivity contribution is 14.0. The van der Waals surface area contributed by atoms with Crippen molar-refractivity contribution in [3.05, 3.63) is 44.7 Å². The van der Waals surface area contributed by atoms with Gasteiger partial charge in [0.1, 0.15) is 11.6 Å². The Morgan fingerprint density at radius 3 is 2.86 bits per heavy atom. The van der Waals surface area contributed by atoms with Crippen LogP contribution < -0.4 is 15.4 Å². The van der Waals surface area contributed by atoms with Gasteiger partial charge in [-0.1, -0.05) is 0 Å². The van der Waals surface area contributed by atoms with E-state index in [1.807, 2.05) is 20.8 Å². The number of halogens is 2. The number of guanidine groups is 1. The summed E-state index contributed by atoms with van der Waals surface area (Å²) in [5.41, 5.74) is 2.63. The summed E-state index contributed by atoms with van der Waals surface area (Å²) < 4.78 is 24.6. The average molecular weight is 520 g/mol. The van der Waals surface area contributed by atoms with E-state index in [9.17, 15) is 4.39 Å². The van der Waals surface area contributed by atoms with Crippen molar-refractivity contribution in [1.82, 2.24) is 15.6 Å². The molecule has 28 heavy (non-hydrogen) atoms. The van der Waals surface area contributed by atoms with Crippen molar-refractivity contribution in [3.8, 4) is 5.75 Å². The Morgan fingerprint density at radius 1 is 1.32 bits per heavy atom. The average Bonchev–Trinajstić information content (AvgIpc) is 2.96. The Bertz CT molecular complexity index is 829. The van der Waals surface area contributed by atoms with Gasteiger partial charge >= 0.3 is 0 Å². The van der Waals surface area contributed by atoms with E-state index in [4.69, 9.17) is 9.47 Å². The van der Waals surface area contributed by atoms with Gasteiger partial charge in [-0.25, -0.2) is 14.4 Å². The van der Waals surface area contributed by atoms with Crippen molar-refractivity contribution in [1.29, 1.82) is 0 Å². The molecule has 1 aromatic heterocycles. The number of ether oxygens (including phenoxy) is 2. The van der Waals surface area contributed by atoms with Gasteiger partial charge in [0.15, 0.2) is 12.8 Å². The molecule has 0 radical (unpaired) electrons. The summed E-state index contributed by atoms with van der Waals surface area (Å²) in [4.78, 5) is 10.2. The largest absolute Gasteiger partial charge is 0.467 e. The van der Waals surface area contributed by atoms with Crippen LogP contribution in [-0.2, 0) is 24.3 Å². The lowest BCUT2D eigenvalue weighted by atomic mass is 10.1. The monoisotopic (exact) mass is 520 g/mol. The Balaban J connectivity index is 0.00000280. The molecule has 1 aliphatic heterocycles. The van der Waals surface area contributed by atoms with Gasteiger partial charge < -0.3 is 20.1 Å². The first kappa shape index (κ1) is 22.8. The summed E-state index contributed by atoms with van der Waals surface area (Å²) in [6.07, 6.45) is 0.628. The van der Waals surface area contributed by atoms with E-state index in [-0.39, 0.29) is 36.6 Å². The van der Waals surface area contributed by atoms with Crippen LogP contribution in [-0.4, -0.2) is 30.8 Å². The molecule has 0 unspecified atom stereocenters. The van der Waals surface area contributed by atoms with Gasteiger partial charge in [-0.15, -0.1) is 35.3 Å². The van der Waals surface area contributed by atoms with Crippen LogP contribution in [0.2, 0.25) is 0 Å². The molecule has 154 valence electrons. The number of benzene rings is 1. The highest BCUT2D eigenvalue weighted by Gasteiger charge is 2.16. The second-order valence-corrected chi connectivity index (χ2v) is 7.56. The predicted molar refractivity (Wildman–Crippen MR) is 120 cm³/mol. The van der Waals surface area contributed by atoms with E-state index in [1.54, 1.807) is 11.3 Å². The number of aromatic nitrogens is 1. The number of aryl methyl sites for hydroxylation is 2. The Morgan fingerprint density at radius 2 is 2.14 bits per heavy atom. The molecular formula is C19H26FIN4O2S. The Kier molecular flexibility index (Phi) is 8.90. The summed E-state index contributed by atoms with van der Waals surface area (Å²) in [5.74, 6) is 1.20. The first-order valence-corrected chi connectivity index (χ1v) is 9.85. The van der Waals surface area contributed by atoms with Gasteiger partial charge in [-0.3, -0.25) is 0 Å². The van der Waals surface area contributed by atoms with E-state index in [2.05, 4.69) is 20.6 Å². The van der Waals surface area contributed by atoms with Gasteiger partial charge in [-0.05, 0) is 44.9 Å². The van der Waals surface area contributed by atoms with E-state index in [1.165, 1.54) is 12.1 Å². The standard InChI is InChI=1S/C19H25FN4O2S.HI/c1-4-21-19(23-9-17-12(2)24-13(3)27-17)22-6-5-14-7-16(20)8-15-10-25-11-26-18(14)15;/h7-8H,4-6,9-11H2,1-3H3,(H2,21,22,23);1H. The normalized spacial score (nSPS) is 13.4. The summed E-state index contributed by atoms with van der Waals surface area (Å²) in [5, 5.41) is 7.59. The van der Waals surface area contributed by atoms with Gasteiger partial charge in [0, 0.05) is 23.5 Å². The minimum Gasteiger partial charge on any atom is -0.467 e. The van der Waals surface area contributed by atoms with Crippen molar-refractivity contribution in [3.63, 3.8) is 0 Å². The van der Waals surface area contributed by atoms with Crippen molar-refractivity contribution in [2.45, 2.75) is 40.3 Å². The number of hydrogen-bond acceptors (Lipinski definition) is 5. The number of fused-ring (bicyclic) bond motifs is 1. The van der Waals surface area contributed by atoms with Crippen LogP contribution in [0.15, 0.2) is 17.1 Å². The zero-order valence-electron chi connectivity index (χ0n) is 16.3. The number of nitrogens with one attached hydrogen (secondary N) is 2. The lowest BCUT2D eigenvalue weighted by Crippen LogP contribution is -2.38. The zero-order valence-corrected chi connectivity index (χ0v) is 19.4. The third-order valence-corrected chi connectivity index (χ3v) is 5.22. The molecule has 1 aromatic carbocycles. The van der Waals surface area contributed by atoms with E-state index in [0.717, 1.165) is 45.0 Å². The molecule has 0 aliphatic carbocycles. The Labute approximate surface area is 186 Å². The van der Waals surface area contributed by atoms with Crippen molar-refractivity contribution >= 4 is 41.3 Å². The number of nitrogens with zero attached hydrogens (tertiary/aromatic N) is 2. The predicted octanol–water partition coefficient (Wildman–Crippen LogP) is 3.68. The quantitative estimate of drug-likeness (QED) is 0.346. The molecule has 0 atom stereocenters. The molecule has 1 aliphatic rings. The first-order chi connectivity index (χ1) is 13.1. The molecule has 3 rings (SSSR count). The number of hydrogen-bond donors (Lipinski definition) is 2. The Hall–Kier alpha value is -1.46. The lowest BCUT2D eigenvalue weighted by Gasteiger charge is -2.21. The fourth-order valence-electron chi connectivity index (χ4n) is 2.97. The maximum absolute atomic E-state index is 13.8. The van der Waals surface area contributed by atoms with Crippen molar-refractivity contribution < 1.29 is 13.9 Å². The first-order valence-electron chi connectivity index (χ1n) is 9.03. The minimum absolute atomic E-state index is 0. The molecule has 0 saturated carbocycles.